The zero-order chi connectivity index (χ0) is 18.6. The van der Waals surface area contributed by atoms with Gasteiger partial charge in [-0.3, -0.25) is 10.1 Å². The van der Waals surface area contributed by atoms with E-state index in [2.05, 4.69) is 30.9 Å². The number of piperidine rings is 1. The van der Waals surface area contributed by atoms with E-state index >= 15 is 0 Å². The van der Waals surface area contributed by atoms with Gasteiger partial charge in [0.05, 0.1) is 0 Å². The molecule has 4 rings (SSSR count). The summed E-state index contributed by atoms with van der Waals surface area (Å²) in [6, 6.07) is 0. The molecule has 1 amide bonds. The summed E-state index contributed by atoms with van der Waals surface area (Å²) in [5, 5.41) is 14.7. The lowest BCUT2D eigenvalue weighted by atomic mass is 9.98. The van der Waals surface area contributed by atoms with Crippen molar-refractivity contribution in [3.63, 3.8) is 0 Å². The number of aryl methyl sites for hydroxylation is 2. The van der Waals surface area contributed by atoms with E-state index in [0.717, 1.165) is 50.4 Å². The van der Waals surface area contributed by atoms with Gasteiger partial charge in [0.2, 0.25) is 17.7 Å². The third-order valence-corrected chi connectivity index (χ3v) is 5.51. The second-order valence-corrected chi connectivity index (χ2v) is 7.52. The summed E-state index contributed by atoms with van der Waals surface area (Å²) in [7, 11) is 1.80. The number of carbonyl (C=O) groups is 1. The Bertz CT molecular complexity index is 773. The largest absolute Gasteiger partial charge is 0.339 e. The molecular weight excluding hydrogens is 346 g/mol. The molecule has 0 unspecified atom stereocenters. The van der Waals surface area contributed by atoms with Crippen molar-refractivity contribution in [1.82, 2.24) is 30.2 Å². The molecule has 0 bridgehead atoms. The Morgan fingerprint density at radius 3 is 2.67 bits per heavy atom. The van der Waals surface area contributed by atoms with Crippen molar-refractivity contribution in [3.05, 3.63) is 17.5 Å². The summed E-state index contributed by atoms with van der Waals surface area (Å²) in [6.07, 6.45) is 7.49. The molecule has 3 heterocycles. The quantitative estimate of drug-likeness (QED) is 0.795. The van der Waals surface area contributed by atoms with Crippen LogP contribution in [0.4, 0.5) is 5.95 Å². The van der Waals surface area contributed by atoms with Gasteiger partial charge in [-0.25, -0.2) is 4.68 Å². The lowest BCUT2D eigenvalue weighted by Crippen LogP contribution is -2.27. The Morgan fingerprint density at radius 1 is 1.15 bits per heavy atom. The second-order valence-electron chi connectivity index (χ2n) is 7.52. The molecule has 9 heteroatoms. The number of anilines is 1. The van der Waals surface area contributed by atoms with Crippen molar-refractivity contribution in [2.75, 3.05) is 18.4 Å². The summed E-state index contributed by atoms with van der Waals surface area (Å²) in [6.45, 7) is 1.97. The van der Waals surface area contributed by atoms with Crippen LogP contribution < -0.4 is 10.6 Å². The molecule has 1 aliphatic carbocycles. The van der Waals surface area contributed by atoms with E-state index in [1.165, 1.54) is 12.8 Å². The van der Waals surface area contributed by atoms with E-state index < -0.39 is 0 Å². The van der Waals surface area contributed by atoms with Gasteiger partial charge in [0, 0.05) is 31.7 Å². The molecule has 0 atom stereocenters. The number of rotatable bonds is 6. The minimum Gasteiger partial charge on any atom is -0.339 e. The average molecular weight is 373 g/mol. The molecule has 9 nitrogen and oxygen atoms in total. The molecule has 2 aromatic rings. The highest BCUT2D eigenvalue weighted by atomic mass is 16.5. The standard InChI is InChI=1S/C18H27N7O2/c1-25-18(22-16(23-25)13-8-10-19-11-9-13)20-14(26)6-7-15-21-17(24-27-15)12-4-2-3-5-12/h12-13,19H,2-11H2,1H3,(H,20,22,23,26). The molecule has 0 radical (unpaired) electrons. The summed E-state index contributed by atoms with van der Waals surface area (Å²) in [5.74, 6) is 3.28. The normalized spacial score (nSPS) is 18.9. The first kappa shape index (κ1) is 18.1. The lowest BCUT2D eigenvalue weighted by Gasteiger charge is -2.19. The number of hydrogen-bond donors (Lipinski definition) is 2. The molecule has 146 valence electrons. The van der Waals surface area contributed by atoms with Gasteiger partial charge < -0.3 is 9.84 Å². The summed E-state index contributed by atoms with van der Waals surface area (Å²) < 4.78 is 6.94. The van der Waals surface area contributed by atoms with Gasteiger partial charge in [-0.2, -0.15) is 15.1 Å². The highest BCUT2D eigenvalue weighted by Crippen LogP contribution is 2.32. The molecule has 1 saturated heterocycles. The van der Waals surface area contributed by atoms with Crippen molar-refractivity contribution in [1.29, 1.82) is 0 Å². The molecule has 1 saturated carbocycles. The van der Waals surface area contributed by atoms with Crippen LogP contribution in [0.15, 0.2) is 4.52 Å². The number of amides is 1. The van der Waals surface area contributed by atoms with Crippen molar-refractivity contribution >= 4 is 11.9 Å². The van der Waals surface area contributed by atoms with Crippen molar-refractivity contribution in [3.8, 4) is 0 Å². The van der Waals surface area contributed by atoms with Crippen molar-refractivity contribution in [2.24, 2.45) is 7.05 Å². The van der Waals surface area contributed by atoms with Crippen LogP contribution in [0.3, 0.4) is 0 Å². The number of aromatic nitrogens is 5. The van der Waals surface area contributed by atoms with Crippen molar-refractivity contribution in [2.45, 2.75) is 63.2 Å². The minimum atomic E-state index is -0.122. The first-order valence-electron chi connectivity index (χ1n) is 9.93. The lowest BCUT2D eigenvalue weighted by molar-refractivity contribution is -0.116. The highest BCUT2D eigenvalue weighted by Gasteiger charge is 2.23. The maximum Gasteiger partial charge on any atom is 0.227 e. The first-order chi connectivity index (χ1) is 13.2. The molecule has 2 fully saturated rings. The fourth-order valence-electron chi connectivity index (χ4n) is 3.89. The molecule has 1 aliphatic heterocycles. The van der Waals surface area contributed by atoms with Gasteiger partial charge in [0.15, 0.2) is 11.6 Å². The molecule has 0 aromatic carbocycles. The average Bonchev–Trinajstić information content (AvgIpc) is 3.42. The van der Waals surface area contributed by atoms with Crippen LogP contribution in [-0.4, -0.2) is 43.9 Å². The van der Waals surface area contributed by atoms with Gasteiger partial charge in [-0.05, 0) is 38.8 Å². The predicted molar refractivity (Wildman–Crippen MR) is 98.3 cm³/mol. The number of carbonyl (C=O) groups excluding carboxylic acids is 1. The van der Waals surface area contributed by atoms with Gasteiger partial charge >= 0.3 is 0 Å². The van der Waals surface area contributed by atoms with E-state index in [0.29, 0.717) is 30.1 Å². The van der Waals surface area contributed by atoms with Gasteiger partial charge in [0.1, 0.15) is 0 Å². The maximum absolute atomic E-state index is 12.3. The Morgan fingerprint density at radius 2 is 1.89 bits per heavy atom. The van der Waals surface area contributed by atoms with Crippen LogP contribution in [0.1, 0.15) is 74.3 Å². The summed E-state index contributed by atoms with van der Waals surface area (Å²) in [4.78, 5) is 21.3. The first-order valence-corrected chi connectivity index (χ1v) is 9.93. The Balaban J connectivity index is 1.29. The zero-order valence-electron chi connectivity index (χ0n) is 15.8. The predicted octanol–water partition coefficient (Wildman–Crippen LogP) is 1.89. The zero-order valence-corrected chi connectivity index (χ0v) is 15.8. The van der Waals surface area contributed by atoms with Gasteiger partial charge in [-0.1, -0.05) is 18.0 Å². The summed E-state index contributed by atoms with van der Waals surface area (Å²) >= 11 is 0. The molecule has 27 heavy (non-hydrogen) atoms. The van der Waals surface area contributed by atoms with E-state index in [9.17, 15) is 4.79 Å². The smallest absolute Gasteiger partial charge is 0.227 e. The third kappa shape index (κ3) is 4.35. The number of hydrogen-bond acceptors (Lipinski definition) is 7. The van der Waals surface area contributed by atoms with Crippen molar-refractivity contribution < 1.29 is 9.32 Å². The van der Waals surface area contributed by atoms with E-state index in [4.69, 9.17) is 4.52 Å². The molecule has 2 aliphatic rings. The van der Waals surface area contributed by atoms with Gasteiger partial charge in [-0.15, -0.1) is 0 Å². The van der Waals surface area contributed by atoms with Crippen LogP contribution in [0.5, 0.6) is 0 Å². The fraction of sp³-hybridized carbons (Fsp3) is 0.722. The Hall–Kier alpha value is -2.29. The SMILES string of the molecule is Cn1nc(C2CCNCC2)nc1NC(=O)CCc1nc(C2CCCC2)no1. The number of nitrogens with zero attached hydrogens (tertiary/aromatic N) is 5. The van der Waals surface area contributed by atoms with Crippen LogP contribution in [0.2, 0.25) is 0 Å². The van der Waals surface area contributed by atoms with Crippen LogP contribution in [-0.2, 0) is 18.3 Å². The maximum atomic E-state index is 12.3. The molecule has 2 aromatic heterocycles. The third-order valence-electron chi connectivity index (χ3n) is 5.51. The molecule has 2 N–H and O–H groups in total. The highest BCUT2D eigenvalue weighted by molar-refractivity contribution is 5.89. The Kier molecular flexibility index (Phi) is 5.47. The van der Waals surface area contributed by atoms with E-state index in [-0.39, 0.29) is 12.3 Å². The minimum absolute atomic E-state index is 0.122. The number of nitrogens with one attached hydrogen (secondary N) is 2. The van der Waals surface area contributed by atoms with E-state index in [1.807, 2.05) is 0 Å². The summed E-state index contributed by atoms with van der Waals surface area (Å²) in [5.41, 5.74) is 0. The second kappa shape index (κ2) is 8.16. The Labute approximate surface area is 158 Å². The fourth-order valence-corrected chi connectivity index (χ4v) is 3.89. The van der Waals surface area contributed by atoms with Crippen LogP contribution in [0, 0.1) is 0 Å². The molecule has 0 spiro atoms. The van der Waals surface area contributed by atoms with Gasteiger partial charge in [0.25, 0.3) is 0 Å². The molecular formula is C18H27N7O2. The van der Waals surface area contributed by atoms with E-state index in [1.54, 1.807) is 11.7 Å². The van der Waals surface area contributed by atoms with Crippen LogP contribution in [0.25, 0.3) is 0 Å². The monoisotopic (exact) mass is 373 g/mol. The van der Waals surface area contributed by atoms with Crippen LogP contribution >= 0.6 is 0 Å². The topological polar surface area (TPSA) is 111 Å².